The maximum absolute atomic E-state index is 8.25. The van der Waals surface area contributed by atoms with Gasteiger partial charge in [0, 0.05) is 6.47 Å². The van der Waals surface area contributed by atoms with Gasteiger partial charge in [-0.1, -0.05) is 0 Å². The molecule has 0 amide bonds. The SMILES string of the molecule is C[CH](C)[Mg+].O=C[O-]. The van der Waals surface area contributed by atoms with E-state index < -0.39 is 6.47 Å². The van der Waals surface area contributed by atoms with Crippen molar-refractivity contribution in [3.05, 3.63) is 0 Å². The first-order valence-electron chi connectivity index (χ1n) is 2.03. The van der Waals surface area contributed by atoms with Gasteiger partial charge in [-0.05, 0) is 0 Å². The Morgan fingerprint density at radius 2 is 1.71 bits per heavy atom. The Bertz CT molecular complexity index is 33.9. The van der Waals surface area contributed by atoms with Gasteiger partial charge in [0.2, 0.25) is 0 Å². The average molecular weight is 112 g/mol. The third-order valence-electron chi connectivity index (χ3n) is 0. The molecule has 0 saturated carbocycles. The van der Waals surface area contributed by atoms with Crippen LogP contribution in [0, 0.1) is 0 Å². The maximum atomic E-state index is 8.25. The van der Waals surface area contributed by atoms with E-state index in [4.69, 9.17) is 9.90 Å². The van der Waals surface area contributed by atoms with Gasteiger partial charge in [-0.25, -0.2) is 0 Å². The fourth-order valence-corrected chi connectivity index (χ4v) is 0. The van der Waals surface area contributed by atoms with Gasteiger partial charge in [-0.15, -0.1) is 0 Å². The summed E-state index contributed by atoms with van der Waals surface area (Å²) < 4.78 is 0.861. The van der Waals surface area contributed by atoms with Crippen molar-refractivity contribution in [2.24, 2.45) is 0 Å². The van der Waals surface area contributed by atoms with E-state index >= 15 is 0 Å². The molecule has 0 atom stereocenters. The maximum Gasteiger partial charge on any atom is 0.0275 e. The second-order valence-corrected chi connectivity index (χ2v) is 3.12. The van der Waals surface area contributed by atoms with Gasteiger partial charge in [0.25, 0.3) is 0 Å². The van der Waals surface area contributed by atoms with Crippen molar-refractivity contribution >= 4 is 28.2 Å². The van der Waals surface area contributed by atoms with Crippen molar-refractivity contribution in [3.63, 3.8) is 0 Å². The van der Waals surface area contributed by atoms with Gasteiger partial charge in [-0.2, -0.15) is 0 Å². The molecule has 38 valence electrons. The number of rotatable bonds is 0. The summed E-state index contributed by atoms with van der Waals surface area (Å²) in [6.45, 7) is 3.86. The van der Waals surface area contributed by atoms with E-state index in [-0.39, 0.29) is 0 Å². The van der Waals surface area contributed by atoms with Crippen molar-refractivity contribution in [3.8, 4) is 0 Å². The second-order valence-electron chi connectivity index (χ2n) is 1.49. The number of carbonyl (C=O) groups excluding carboxylic acids is 1. The zero-order chi connectivity index (χ0) is 6.28. The summed E-state index contributed by atoms with van der Waals surface area (Å²) in [5, 5.41) is 8.25. The predicted octanol–water partition coefficient (Wildman–Crippen LogP) is -0.651. The van der Waals surface area contributed by atoms with E-state index in [1.807, 2.05) is 21.7 Å². The Morgan fingerprint density at radius 3 is 1.71 bits per heavy atom. The monoisotopic (exact) mass is 112 g/mol. The summed E-state index contributed by atoms with van der Waals surface area (Å²) in [6.07, 6.45) is 0. The van der Waals surface area contributed by atoms with E-state index in [0.717, 1.165) is 4.05 Å². The minimum Gasteiger partial charge on any atom is -0.554 e. The van der Waals surface area contributed by atoms with E-state index in [9.17, 15) is 0 Å². The van der Waals surface area contributed by atoms with Crippen LogP contribution in [-0.2, 0) is 4.79 Å². The Morgan fingerprint density at radius 1 is 1.71 bits per heavy atom. The molecule has 0 spiro atoms. The van der Waals surface area contributed by atoms with Crippen LogP contribution in [0.5, 0.6) is 0 Å². The molecule has 2 nitrogen and oxygen atoms in total. The molecular weight excluding hydrogens is 104 g/mol. The van der Waals surface area contributed by atoms with Crippen LogP contribution in [0.25, 0.3) is 0 Å². The van der Waals surface area contributed by atoms with E-state index in [1.54, 1.807) is 0 Å². The molecule has 0 rings (SSSR count). The summed E-state index contributed by atoms with van der Waals surface area (Å²) in [7, 11) is 0. The van der Waals surface area contributed by atoms with Crippen molar-refractivity contribution in [2.45, 2.75) is 17.9 Å². The summed E-state index contributed by atoms with van der Waals surface area (Å²) in [5.41, 5.74) is 0. The van der Waals surface area contributed by atoms with Crippen molar-refractivity contribution < 1.29 is 9.90 Å². The molecule has 0 aliphatic carbocycles. The summed E-state index contributed by atoms with van der Waals surface area (Å²) in [4.78, 5) is 8.25. The molecule has 0 radical (unpaired) electrons. The fraction of sp³-hybridized carbons (Fsp3) is 0.750. The number of hydrogen-bond donors (Lipinski definition) is 0. The van der Waals surface area contributed by atoms with Gasteiger partial charge in [0.1, 0.15) is 0 Å². The molecule has 0 N–H and O–H groups in total. The molecule has 0 saturated heterocycles. The number of hydrogen-bond acceptors (Lipinski definition) is 2. The topological polar surface area (TPSA) is 40.1 Å². The quantitative estimate of drug-likeness (QED) is 0.309. The summed E-state index contributed by atoms with van der Waals surface area (Å²) >= 11 is 2.00. The Kier molecular flexibility index (Phi) is 14.0. The van der Waals surface area contributed by atoms with Gasteiger partial charge in [0.15, 0.2) is 0 Å². The van der Waals surface area contributed by atoms with Crippen molar-refractivity contribution in [1.29, 1.82) is 0 Å². The smallest absolute Gasteiger partial charge is 0.0275 e. The molecule has 0 aliphatic rings. The molecule has 7 heavy (non-hydrogen) atoms. The molecular formula is C4H8MgO2. The zero-order valence-corrected chi connectivity index (χ0v) is 6.09. The van der Waals surface area contributed by atoms with Crippen LogP contribution in [0.3, 0.4) is 0 Å². The summed E-state index contributed by atoms with van der Waals surface area (Å²) in [6, 6.07) is 0. The first kappa shape index (κ1) is 10.3. The fourth-order valence-electron chi connectivity index (χ4n) is 0. The standard InChI is InChI=1S/C3H7.CH2O2.Mg/c1-3-2;2-1-3;/h3H,1-2H3;1H,(H,2,3);/q;;+1/p-1. The Labute approximate surface area is 56.3 Å². The van der Waals surface area contributed by atoms with Crippen LogP contribution in [0.15, 0.2) is 0 Å². The minimum absolute atomic E-state index is 0.500. The predicted molar refractivity (Wildman–Crippen MR) is 26.9 cm³/mol. The van der Waals surface area contributed by atoms with Crippen molar-refractivity contribution in [2.75, 3.05) is 0 Å². The van der Waals surface area contributed by atoms with Crippen LogP contribution in [0.1, 0.15) is 13.8 Å². The van der Waals surface area contributed by atoms with Crippen LogP contribution < -0.4 is 5.11 Å². The van der Waals surface area contributed by atoms with Crippen LogP contribution in [0.2, 0.25) is 4.05 Å². The normalized spacial score (nSPS) is 7.00. The third-order valence-corrected chi connectivity index (χ3v) is 0. The molecule has 0 unspecified atom stereocenters. The molecule has 0 heterocycles. The molecule has 0 aliphatic heterocycles. The van der Waals surface area contributed by atoms with Gasteiger partial charge >= 0.3 is 39.6 Å². The van der Waals surface area contributed by atoms with Gasteiger partial charge in [0.05, 0.1) is 0 Å². The van der Waals surface area contributed by atoms with Crippen molar-refractivity contribution in [1.82, 2.24) is 0 Å². The third kappa shape index (κ3) is 2010. The van der Waals surface area contributed by atoms with E-state index in [0.29, 0.717) is 0 Å². The van der Waals surface area contributed by atoms with Gasteiger partial charge < -0.3 is 9.90 Å². The zero-order valence-electron chi connectivity index (χ0n) is 4.68. The molecule has 0 fully saturated rings. The largest absolute Gasteiger partial charge is 0.554 e. The summed E-state index contributed by atoms with van der Waals surface area (Å²) in [5.74, 6) is 0. The Hall–Kier alpha value is 0.236. The minimum atomic E-state index is -0.500. The first-order valence-corrected chi connectivity index (χ1v) is 2.85. The second kappa shape index (κ2) is 9.53. The number of carboxylic acid groups (broad SMARTS) is 1. The first-order chi connectivity index (χ1) is 3.15. The number of carbonyl (C=O) groups is 1. The Balaban J connectivity index is 0. The molecule has 0 bridgehead atoms. The van der Waals surface area contributed by atoms with E-state index in [1.165, 1.54) is 0 Å². The average Bonchev–Trinajstić information content (AvgIpc) is 1.33. The van der Waals surface area contributed by atoms with Gasteiger partial charge in [-0.3, -0.25) is 0 Å². The molecule has 0 aromatic heterocycles. The van der Waals surface area contributed by atoms with Crippen LogP contribution >= 0.6 is 0 Å². The van der Waals surface area contributed by atoms with Crippen LogP contribution in [0.4, 0.5) is 0 Å². The van der Waals surface area contributed by atoms with Crippen LogP contribution in [-0.4, -0.2) is 28.2 Å². The molecule has 0 aromatic carbocycles. The molecule has 3 heteroatoms. The van der Waals surface area contributed by atoms with E-state index in [2.05, 4.69) is 13.8 Å². The molecule has 0 aromatic rings.